The number of anilines is 1. The number of Topliss-reactive ketones (excluding diaryl/α,β-unsaturated/α-hetero) is 1. The van der Waals surface area contributed by atoms with E-state index in [0.29, 0.717) is 23.4 Å². The molecule has 1 N–H and O–H groups in total. The molecule has 0 aromatic heterocycles. The van der Waals surface area contributed by atoms with Crippen molar-refractivity contribution in [2.75, 3.05) is 4.90 Å². The molecule has 0 fully saturated rings. The predicted octanol–water partition coefficient (Wildman–Crippen LogP) is 5.41. The summed E-state index contributed by atoms with van der Waals surface area (Å²) in [7, 11) is 0. The molecule has 4 nitrogen and oxygen atoms in total. The summed E-state index contributed by atoms with van der Waals surface area (Å²) in [5.41, 5.74) is 1.86. The van der Waals surface area contributed by atoms with Crippen LogP contribution in [0.5, 0.6) is 0 Å². The van der Waals surface area contributed by atoms with Gasteiger partial charge >= 0.3 is 0 Å². The molecule has 5 rings (SSSR count). The van der Waals surface area contributed by atoms with Crippen molar-refractivity contribution < 1.29 is 14.7 Å². The molecule has 0 radical (unpaired) electrons. The number of hydrogen-bond acceptors (Lipinski definition) is 3. The molecule has 4 aromatic carbocycles. The van der Waals surface area contributed by atoms with Crippen LogP contribution in [0.25, 0.3) is 10.8 Å². The van der Waals surface area contributed by atoms with Crippen molar-refractivity contribution in [3.05, 3.63) is 113 Å². The molecule has 1 atom stereocenters. The normalized spacial score (nSPS) is 17.4. The van der Waals surface area contributed by atoms with E-state index >= 15 is 0 Å². The van der Waals surface area contributed by atoms with Gasteiger partial charge in [0.2, 0.25) is 0 Å². The van der Waals surface area contributed by atoms with E-state index in [-0.39, 0.29) is 12.2 Å². The van der Waals surface area contributed by atoms with E-state index in [0.717, 1.165) is 28.3 Å². The van der Waals surface area contributed by atoms with E-state index in [1.54, 1.807) is 29.2 Å². The van der Waals surface area contributed by atoms with Crippen molar-refractivity contribution in [2.24, 2.45) is 0 Å². The number of carbonyl (C=O) groups is 2. The van der Waals surface area contributed by atoms with Crippen LogP contribution in [0.4, 0.5) is 5.69 Å². The Kier molecular flexibility index (Phi) is 5.31. The summed E-state index contributed by atoms with van der Waals surface area (Å²) < 4.78 is 0. The van der Waals surface area contributed by atoms with Crippen molar-refractivity contribution in [1.29, 1.82) is 0 Å². The first-order valence-corrected chi connectivity index (χ1v) is 11.2. The highest BCUT2D eigenvalue weighted by Crippen LogP contribution is 2.43. The number of aliphatic hydroxyl groups is 1. The Hall–Kier alpha value is -3.76. The summed E-state index contributed by atoms with van der Waals surface area (Å²) >= 11 is 0. The number of hydrogen-bond donors (Lipinski definition) is 1. The minimum atomic E-state index is -1.89. The van der Waals surface area contributed by atoms with E-state index in [1.165, 1.54) is 0 Å². The van der Waals surface area contributed by atoms with Crippen molar-refractivity contribution in [3.63, 3.8) is 0 Å². The summed E-state index contributed by atoms with van der Waals surface area (Å²) in [6.45, 7) is 2.37. The van der Waals surface area contributed by atoms with Crippen molar-refractivity contribution in [1.82, 2.24) is 0 Å². The van der Waals surface area contributed by atoms with E-state index < -0.39 is 11.5 Å². The van der Waals surface area contributed by atoms with Crippen molar-refractivity contribution >= 4 is 28.2 Å². The Morgan fingerprint density at radius 2 is 1.58 bits per heavy atom. The van der Waals surface area contributed by atoms with E-state index in [1.807, 2.05) is 66.7 Å². The number of para-hydroxylation sites is 1. The van der Waals surface area contributed by atoms with Crippen LogP contribution >= 0.6 is 0 Å². The zero-order chi connectivity index (χ0) is 23.0. The Labute approximate surface area is 193 Å². The summed E-state index contributed by atoms with van der Waals surface area (Å²) in [4.78, 5) is 28.3. The van der Waals surface area contributed by atoms with E-state index in [4.69, 9.17) is 0 Å². The third-order valence-electron chi connectivity index (χ3n) is 6.55. The van der Waals surface area contributed by atoms with Crippen LogP contribution in [0.3, 0.4) is 0 Å². The van der Waals surface area contributed by atoms with Gasteiger partial charge in [0.1, 0.15) is 0 Å². The SMILES string of the molecule is CCc1ccc(C(=O)C[C@]2(O)C(=O)N(Cc3cccc4ccccc34)c3ccccc32)cc1. The lowest BCUT2D eigenvalue weighted by Gasteiger charge is -2.23. The molecule has 33 heavy (non-hydrogen) atoms. The van der Waals surface area contributed by atoms with Gasteiger partial charge in [0.15, 0.2) is 11.4 Å². The molecule has 0 saturated heterocycles. The second kappa shape index (κ2) is 8.30. The smallest absolute Gasteiger partial charge is 0.264 e. The molecule has 0 spiro atoms. The molecule has 1 amide bonds. The number of ketones is 1. The summed E-state index contributed by atoms with van der Waals surface area (Å²) in [6, 6.07) is 28.6. The van der Waals surface area contributed by atoms with Crippen LogP contribution in [0.15, 0.2) is 91.0 Å². The largest absolute Gasteiger partial charge is 0.375 e. The standard InChI is InChI=1S/C29H25NO3/c1-2-20-14-16-22(17-15-20)27(31)18-29(33)25-12-5-6-13-26(25)30(28(29)32)19-23-10-7-9-21-8-3-4-11-24(21)23/h3-17,33H,2,18-19H2,1H3/t29-/m1/s1. The number of benzene rings is 4. The first-order chi connectivity index (χ1) is 16.0. The van der Waals surface area contributed by atoms with Crippen LogP contribution < -0.4 is 4.90 Å². The van der Waals surface area contributed by atoms with Gasteiger partial charge in [-0.05, 0) is 34.4 Å². The highest BCUT2D eigenvalue weighted by atomic mass is 16.3. The van der Waals surface area contributed by atoms with Gasteiger partial charge < -0.3 is 10.0 Å². The molecule has 164 valence electrons. The second-order valence-corrected chi connectivity index (χ2v) is 8.56. The maximum absolute atomic E-state index is 13.6. The minimum absolute atomic E-state index is 0.254. The third-order valence-corrected chi connectivity index (χ3v) is 6.55. The van der Waals surface area contributed by atoms with Crippen LogP contribution in [0.1, 0.15) is 40.4 Å². The van der Waals surface area contributed by atoms with Gasteiger partial charge in [-0.25, -0.2) is 0 Å². The van der Waals surface area contributed by atoms with Crippen LogP contribution in [0, 0.1) is 0 Å². The van der Waals surface area contributed by atoms with E-state index in [2.05, 4.69) is 6.92 Å². The quantitative estimate of drug-likeness (QED) is 0.412. The predicted molar refractivity (Wildman–Crippen MR) is 130 cm³/mol. The monoisotopic (exact) mass is 435 g/mol. The van der Waals surface area contributed by atoms with Crippen LogP contribution in [-0.4, -0.2) is 16.8 Å². The number of aryl methyl sites for hydroxylation is 1. The summed E-state index contributed by atoms with van der Waals surface area (Å²) in [5.74, 6) is -0.717. The maximum atomic E-state index is 13.6. The fourth-order valence-electron chi connectivity index (χ4n) is 4.70. The highest BCUT2D eigenvalue weighted by Gasteiger charge is 2.50. The Bertz CT molecular complexity index is 1350. The topological polar surface area (TPSA) is 57.6 Å². The zero-order valence-corrected chi connectivity index (χ0v) is 18.5. The molecular formula is C29H25NO3. The van der Waals surface area contributed by atoms with Gasteiger partial charge in [-0.2, -0.15) is 0 Å². The molecule has 0 bridgehead atoms. The highest BCUT2D eigenvalue weighted by molar-refractivity contribution is 6.11. The average Bonchev–Trinajstić information content (AvgIpc) is 3.06. The van der Waals surface area contributed by atoms with Crippen LogP contribution in [-0.2, 0) is 23.4 Å². The molecule has 0 saturated carbocycles. The zero-order valence-electron chi connectivity index (χ0n) is 18.5. The molecule has 0 aliphatic carbocycles. The first-order valence-electron chi connectivity index (χ1n) is 11.2. The lowest BCUT2D eigenvalue weighted by molar-refractivity contribution is -0.136. The number of carbonyl (C=O) groups excluding carboxylic acids is 2. The lowest BCUT2D eigenvalue weighted by atomic mass is 9.88. The van der Waals surface area contributed by atoms with Gasteiger partial charge in [0, 0.05) is 11.1 Å². The average molecular weight is 436 g/mol. The molecule has 1 aliphatic heterocycles. The van der Waals surface area contributed by atoms with Gasteiger partial charge in [-0.3, -0.25) is 9.59 Å². The van der Waals surface area contributed by atoms with Crippen molar-refractivity contribution in [2.45, 2.75) is 31.9 Å². The van der Waals surface area contributed by atoms with Gasteiger partial charge in [0.25, 0.3) is 5.91 Å². The lowest BCUT2D eigenvalue weighted by Crippen LogP contribution is -2.41. The second-order valence-electron chi connectivity index (χ2n) is 8.56. The summed E-state index contributed by atoms with van der Waals surface area (Å²) in [5, 5.41) is 13.8. The molecule has 4 heteroatoms. The Morgan fingerprint density at radius 3 is 2.36 bits per heavy atom. The first kappa shape index (κ1) is 21.1. The number of fused-ring (bicyclic) bond motifs is 2. The number of nitrogens with zero attached hydrogens (tertiary/aromatic N) is 1. The molecule has 4 aromatic rings. The molecule has 0 unspecified atom stereocenters. The van der Waals surface area contributed by atoms with Crippen molar-refractivity contribution in [3.8, 4) is 0 Å². The van der Waals surface area contributed by atoms with Gasteiger partial charge in [-0.15, -0.1) is 0 Å². The van der Waals surface area contributed by atoms with Crippen LogP contribution in [0.2, 0.25) is 0 Å². The fraction of sp³-hybridized carbons (Fsp3) is 0.172. The summed E-state index contributed by atoms with van der Waals surface area (Å²) in [6.07, 6.45) is 0.591. The molecule has 1 heterocycles. The number of amides is 1. The minimum Gasteiger partial charge on any atom is -0.375 e. The molecule has 1 aliphatic rings. The number of rotatable bonds is 6. The van der Waals surface area contributed by atoms with Gasteiger partial charge in [0.05, 0.1) is 18.7 Å². The van der Waals surface area contributed by atoms with E-state index in [9.17, 15) is 14.7 Å². The maximum Gasteiger partial charge on any atom is 0.264 e. The van der Waals surface area contributed by atoms with Gasteiger partial charge in [-0.1, -0.05) is 91.9 Å². The molecular weight excluding hydrogens is 410 g/mol. The third kappa shape index (κ3) is 3.62. The Morgan fingerprint density at radius 1 is 0.879 bits per heavy atom. The fourth-order valence-corrected chi connectivity index (χ4v) is 4.70. The Balaban J connectivity index is 1.49.